The Balaban J connectivity index is 2.77. The highest BCUT2D eigenvalue weighted by atomic mass is 35.5. The minimum absolute atomic E-state index is 0.0447. The van der Waals surface area contributed by atoms with Gasteiger partial charge in [0, 0.05) is 12.1 Å². The third-order valence-electron chi connectivity index (χ3n) is 2.57. The van der Waals surface area contributed by atoms with Crippen LogP contribution in [0.2, 0.25) is 5.15 Å². The van der Waals surface area contributed by atoms with Gasteiger partial charge < -0.3 is 0 Å². The van der Waals surface area contributed by atoms with Crippen molar-refractivity contribution in [3.63, 3.8) is 0 Å². The molecule has 0 amide bonds. The number of nitrogens with one attached hydrogen (secondary N) is 1. The molecule has 98 valence electrons. The number of H-pyrrole nitrogens is 1. The maximum Gasteiger partial charge on any atom is 0.334 e. The Labute approximate surface area is 111 Å². The van der Waals surface area contributed by atoms with Crippen molar-refractivity contribution < 1.29 is 4.92 Å². The predicted octanol–water partition coefficient (Wildman–Crippen LogP) is 1.40. The Bertz CT molecular complexity index is 778. The van der Waals surface area contributed by atoms with Crippen molar-refractivity contribution in [2.24, 2.45) is 0 Å². The van der Waals surface area contributed by atoms with Gasteiger partial charge >= 0.3 is 5.69 Å². The molecule has 0 aliphatic rings. The summed E-state index contributed by atoms with van der Waals surface area (Å²) in [6.45, 7) is 1.45. The molecule has 0 aliphatic carbocycles. The van der Waals surface area contributed by atoms with Crippen LogP contribution in [0.15, 0.2) is 33.9 Å². The zero-order valence-corrected chi connectivity index (χ0v) is 10.5. The monoisotopic (exact) mass is 281 g/mol. The number of halogens is 1. The Morgan fingerprint density at radius 3 is 2.68 bits per heavy atom. The van der Waals surface area contributed by atoms with Crippen molar-refractivity contribution in [2.45, 2.75) is 6.92 Å². The summed E-state index contributed by atoms with van der Waals surface area (Å²) in [4.78, 5) is 36.1. The number of nitrogens with zero attached hydrogens (tertiary/aromatic N) is 2. The van der Waals surface area contributed by atoms with Gasteiger partial charge in [-0.2, -0.15) is 0 Å². The lowest BCUT2D eigenvalue weighted by molar-refractivity contribution is -0.384. The molecule has 0 spiro atoms. The molecule has 0 bridgehead atoms. The number of nitro benzene ring substituents is 1. The molecule has 2 rings (SSSR count). The summed E-state index contributed by atoms with van der Waals surface area (Å²) in [6, 6.07) is 5.23. The van der Waals surface area contributed by atoms with Crippen LogP contribution in [0.3, 0.4) is 0 Å². The summed E-state index contributed by atoms with van der Waals surface area (Å²) in [5.41, 5.74) is -1.31. The first-order valence-corrected chi connectivity index (χ1v) is 5.56. The van der Waals surface area contributed by atoms with E-state index in [9.17, 15) is 19.7 Å². The highest BCUT2D eigenvalue weighted by Crippen LogP contribution is 2.15. The van der Waals surface area contributed by atoms with E-state index in [0.717, 1.165) is 10.6 Å². The molecular formula is C11H8ClN3O4. The van der Waals surface area contributed by atoms with Crippen LogP contribution < -0.4 is 11.2 Å². The average molecular weight is 282 g/mol. The lowest BCUT2D eigenvalue weighted by Crippen LogP contribution is -2.35. The number of non-ortho nitro benzene ring substituents is 1. The van der Waals surface area contributed by atoms with Crippen molar-refractivity contribution in [1.29, 1.82) is 0 Å². The standard InChI is InChI=1S/C11H8ClN3O4/c1-6-9(12)13-11(17)14(10(6)16)7-3-2-4-8(5-7)15(18)19/h2-5H,1H3,(H,13,17). The second kappa shape index (κ2) is 4.69. The zero-order chi connectivity index (χ0) is 14.2. The van der Waals surface area contributed by atoms with Crippen LogP contribution >= 0.6 is 11.6 Å². The summed E-state index contributed by atoms with van der Waals surface area (Å²) in [5.74, 6) is 0. The number of rotatable bonds is 2. The topological polar surface area (TPSA) is 98.0 Å². The predicted molar refractivity (Wildman–Crippen MR) is 69.1 cm³/mol. The minimum atomic E-state index is -0.749. The molecule has 1 heterocycles. The van der Waals surface area contributed by atoms with Crippen molar-refractivity contribution in [2.75, 3.05) is 0 Å². The number of nitro groups is 1. The lowest BCUT2D eigenvalue weighted by Gasteiger charge is -2.06. The van der Waals surface area contributed by atoms with Crippen molar-refractivity contribution >= 4 is 17.3 Å². The van der Waals surface area contributed by atoms with Gasteiger partial charge in [0.05, 0.1) is 16.2 Å². The SMILES string of the molecule is Cc1c(Cl)[nH]c(=O)n(-c2cccc([N+](=O)[O-])c2)c1=O. The maximum absolute atomic E-state index is 12.0. The van der Waals surface area contributed by atoms with E-state index in [0.29, 0.717) is 0 Å². The highest BCUT2D eigenvalue weighted by molar-refractivity contribution is 6.30. The van der Waals surface area contributed by atoms with E-state index in [1.165, 1.54) is 25.1 Å². The van der Waals surface area contributed by atoms with Crippen LogP contribution in [-0.4, -0.2) is 14.5 Å². The van der Waals surface area contributed by atoms with E-state index < -0.39 is 16.2 Å². The van der Waals surface area contributed by atoms with Crippen molar-refractivity contribution in [3.8, 4) is 5.69 Å². The Morgan fingerprint density at radius 1 is 1.37 bits per heavy atom. The molecule has 0 atom stereocenters. The first-order valence-electron chi connectivity index (χ1n) is 5.18. The first-order chi connectivity index (χ1) is 8.91. The summed E-state index contributed by atoms with van der Waals surface area (Å²) < 4.78 is 0.800. The van der Waals surface area contributed by atoms with Gasteiger partial charge in [0.1, 0.15) is 5.15 Å². The molecule has 7 nitrogen and oxygen atoms in total. The number of hydrogen-bond donors (Lipinski definition) is 1. The second-order valence-corrected chi connectivity index (χ2v) is 4.16. The third kappa shape index (κ3) is 2.27. The molecule has 0 saturated heterocycles. The third-order valence-corrected chi connectivity index (χ3v) is 2.95. The summed E-state index contributed by atoms with van der Waals surface area (Å²) in [7, 11) is 0. The molecule has 1 aromatic carbocycles. The van der Waals surface area contributed by atoms with Crippen molar-refractivity contribution in [1.82, 2.24) is 9.55 Å². The number of hydrogen-bond acceptors (Lipinski definition) is 4. The number of benzene rings is 1. The Hall–Kier alpha value is -2.41. The quantitative estimate of drug-likeness (QED) is 0.511. The van der Waals surface area contributed by atoms with Gasteiger partial charge in [0.2, 0.25) is 0 Å². The van der Waals surface area contributed by atoms with Gasteiger partial charge in [-0.3, -0.25) is 19.9 Å². The van der Waals surface area contributed by atoms with Crippen LogP contribution in [0, 0.1) is 17.0 Å². The molecule has 2 aromatic rings. The molecule has 1 aromatic heterocycles. The molecule has 0 radical (unpaired) electrons. The highest BCUT2D eigenvalue weighted by Gasteiger charge is 2.13. The normalized spacial score (nSPS) is 10.4. The van der Waals surface area contributed by atoms with Crippen LogP contribution in [0.1, 0.15) is 5.56 Å². The lowest BCUT2D eigenvalue weighted by atomic mass is 10.2. The second-order valence-electron chi connectivity index (χ2n) is 3.79. The first kappa shape index (κ1) is 13.0. The molecule has 8 heteroatoms. The van der Waals surface area contributed by atoms with Gasteiger partial charge in [0.25, 0.3) is 11.2 Å². The van der Waals surface area contributed by atoms with Crippen LogP contribution in [0.5, 0.6) is 0 Å². The largest absolute Gasteiger partial charge is 0.334 e. The summed E-state index contributed by atoms with van der Waals surface area (Å²) in [6.07, 6.45) is 0. The molecule has 0 unspecified atom stereocenters. The van der Waals surface area contributed by atoms with E-state index in [-0.39, 0.29) is 22.1 Å². The van der Waals surface area contributed by atoms with E-state index in [1.807, 2.05) is 0 Å². The fraction of sp³-hybridized carbons (Fsp3) is 0.0909. The van der Waals surface area contributed by atoms with E-state index in [2.05, 4.69) is 4.98 Å². The molecule has 19 heavy (non-hydrogen) atoms. The van der Waals surface area contributed by atoms with Gasteiger partial charge in [-0.05, 0) is 13.0 Å². The van der Waals surface area contributed by atoms with E-state index >= 15 is 0 Å². The molecule has 0 aliphatic heterocycles. The zero-order valence-electron chi connectivity index (χ0n) is 9.71. The minimum Gasteiger partial charge on any atom is -0.297 e. The van der Waals surface area contributed by atoms with Gasteiger partial charge in [0.15, 0.2) is 0 Å². The smallest absolute Gasteiger partial charge is 0.297 e. The summed E-state index contributed by atoms with van der Waals surface area (Å²) >= 11 is 5.68. The molecular weight excluding hydrogens is 274 g/mol. The fourth-order valence-electron chi connectivity index (χ4n) is 1.58. The van der Waals surface area contributed by atoms with E-state index in [1.54, 1.807) is 0 Å². The fourth-order valence-corrected chi connectivity index (χ4v) is 1.74. The van der Waals surface area contributed by atoms with Crippen LogP contribution in [0.4, 0.5) is 5.69 Å². The van der Waals surface area contributed by atoms with Crippen LogP contribution in [-0.2, 0) is 0 Å². The average Bonchev–Trinajstić information content (AvgIpc) is 2.36. The Morgan fingerprint density at radius 2 is 2.05 bits per heavy atom. The number of aromatic nitrogens is 2. The molecule has 1 N–H and O–H groups in total. The Kier molecular flexibility index (Phi) is 3.22. The van der Waals surface area contributed by atoms with Gasteiger partial charge in [-0.15, -0.1) is 0 Å². The van der Waals surface area contributed by atoms with Gasteiger partial charge in [-0.25, -0.2) is 9.36 Å². The van der Waals surface area contributed by atoms with Crippen LogP contribution in [0.25, 0.3) is 5.69 Å². The van der Waals surface area contributed by atoms with Crippen molar-refractivity contribution in [3.05, 3.63) is 65.9 Å². The van der Waals surface area contributed by atoms with Gasteiger partial charge in [-0.1, -0.05) is 17.7 Å². The number of aromatic amines is 1. The summed E-state index contributed by atoms with van der Waals surface area (Å²) in [5, 5.41) is 10.6. The molecule has 0 fully saturated rings. The van der Waals surface area contributed by atoms with E-state index in [4.69, 9.17) is 11.6 Å². The molecule has 0 saturated carbocycles. The maximum atomic E-state index is 12.0.